The number of nitrogens with zero attached hydrogens (tertiary/aromatic N) is 6. The molecule has 1 aliphatic heterocycles. The van der Waals surface area contributed by atoms with E-state index in [0.29, 0.717) is 31.3 Å². The van der Waals surface area contributed by atoms with E-state index in [-0.39, 0.29) is 5.91 Å². The van der Waals surface area contributed by atoms with Gasteiger partial charge in [0, 0.05) is 62.8 Å². The van der Waals surface area contributed by atoms with Crippen LogP contribution in [0.5, 0.6) is 5.88 Å². The molecule has 1 amide bonds. The third kappa shape index (κ3) is 3.37. The van der Waals surface area contributed by atoms with E-state index < -0.39 is 0 Å². The molecule has 4 heterocycles. The normalized spacial score (nSPS) is 13.5. The van der Waals surface area contributed by atoms with Gasteiger partial charge < -0.3 is 9.64 Å². The Morgan fingerprint density at radius 3 is 2.71 bits per heavy atom. The molecule has 0 radical (unpaired) electrons. The zero-order chi connectivity index (χ0) is 19.8. The standard InChI is InChI=1S/C20H24N6O2/c1-13-5-7-21-19(9-13)28-12-17-15-11-26(8-6-18(15)25(4)23-17)20(27)16-10-14(2)24(3)22-16/h5,7,9-10H,6,8,11-12H2,1-4H3. The maximum absolute atomic E-state index is 12.9. The number of carbonyl (C=O) groups is 1. The van der Waals surface area contributed by atoms with E-state index in [1.807, 2.05) is 55.7 Å². The van der Waals surface area contributed by atoms with Crippen LogP contribution in [-0.2, 0) is 33.7 Å². The molecule has 0 saturated heterocycles. The zero-order valence-corrected chi connectivity index (χ0v) is 16.6. The van der Waals surface area contributed by atoms with Crippen LogP contribution in [0.4, 0.5) is 0 Å². The highest BCUT2D eigenvalue weighted by Gasteiger charge is 2.28. The molecule has 28 heavy (non-hydrogen) atoms. The largest absolute Gasteiger partial charge is 0.471 e. The smallest absolute Gasteiger partial charge is 0.274 e. The first-order valence-electron chi connectivity index (χ1n) is 9.31. The highest BCUT2D eigenvalue weighted by atomic mass is 16.5. The van der Waals surface area contributed by atoms with Crippen LogP contribution in [0.15, 0.2) is 24.4 Å². The van der Waals surface area contributed by atoms with E-state index >= 15 is 0 Å². The van der Waals surface area contributed by atoms with Gasteiger partial charge in [0.25, 0.3) is 5.91 Å². The van der Waals surface area contributed by atoms with Crippen LogP contribution in [0.2, 0.25) is 0 Å². The Bertz CT molecular complexity index is 1020. The highest BCUT2D eigenvalue weighted by Crippen LogP contribution is 2.24. The predicted molar refractivity (Wildman–Crippen MR) is 103 cm³/mol. The van der Waals surface area contributed by atoms with Crippen molar-refractivity contribution in [3.8, 4) is 5.88 Å². The molecule has 8 nitrogen and oxygen atoms in total. The number of fused-ring (bicyclic) bond motifs is 1. The number of amides is 1. The average molecular weight is 380 g/mol. The van der Waals surface area contributed by atoms with E-state index in [2.05, 4.69) is 15.2 Å². The SMILES string of the molecule is Cc1ccnc(OCc2nn(C)c3c2CN(C(=O)c2cc(C)n(C)n2)CC3)c1. The lowest BCUT2D eigenvalue weighted by molar-refractivity contribution is 0.0725. The molecule has 0 atom stereocenters. The minimum absolute atomic E-state index is 0.0505. The molecule has 0 aromatic carbocycles. The lowest BCUT2D eigenvalue weighted by Gasteiger charge is -2.27. The van der Waals surface area contributed by atoms with Gasteiger partial charge in [-0.1, -0.05) is 0 Å². The number of hydrogen-bond acceptors (Lipinski definition) is 5. The number of ether oxygens (including phenoxy) is 1. The van der Waals surface area contributed by atoms with Crippen molar-refractivity contribution in [3.63, 3.8) is 0 Å². The number of carbonyl (C=O) groups excluding carboxylic acids is 1. The topological polar surface area (TPSA) is 78.1 Å². The summed E-state index contributed by atoms with van der Waals surface area (Å²) in [6, 6.07) is 5.65. The molecule has 0 spiro atoms. The number of rotatable bonds is 4. The monoisotopic (exact) mass is 380 g/mol. The molecule has 3 aromatic heterocycles. The summed E-state index contributed by atoms with van der Waals surface area (Å²) in [6.45, 7) is 5.43. The molecule has 3 aromatic rings. The second-order valence-corrected chi connectivity index (χ2v) is 7.23. The third-order valence-electron chi connectivity index (χ3n) is 5.19. The molecule has 4 rings (SSSR count). The van der Waals surface area contributed by atoms with Crippen LogP contribution in [0.3, 0.4) is 0 Å². The van der Waals surface area contributed by atoms with Crippen molar-refractivity contribution in [2.24, 2.45) is 14.1 Å². The summed E-state index contributed by atoms with van der Waals surface area (Å²) in [5.74, 6) is 0.525. The summed E-state index contributed by atoms with van der Waals surface area (Å²) in [5.41, 5.74) is 5.58. The Labute approximate surface area is 163 Å². The summed E-state index contributed by atoms with van der Waals surface area (Å²) >= 11 is 0. The molecule has 8 heteroatoms. The van der Waals surface area contributed by atoms with Gasteiger partial charge in [-0.3, -0.25) is 14.2 Å². The minimum Gasteiger partial charge on any atom is -0.471 e. The molecular formula is C20H24N6O2. The lowest BCUT2D eigenvalue weighted by Crippen LogP contribution is -2.36. The fourth-order valence-corrected chi connectivity index (χ4v) is 3.52. The third-order valence-corrected chi connectivity index (χ3v) is 5.19. The second kappa shape index (κ2) is 7.10. The molecule has 1 aliphatic rings. The van der Waals surface area contributed by atoms with E-state index in [1.165, 1.54) is 0 Å². The van der Waals surface area contributed by atoms with Crippen molar-refractivity contribution in [2.75, 3.05) is 6.54 Å². The number of pyridine rings is 1. The average Bonchev–Trinajstić information content (AvgIpc) is 3.18. The Hall–Kier alpha value is -3.16. The van der Waals surface area contributed by atoms with Gasteiger partial charge in [0.05, 0.1) is 0 Å². The van der Waals surface area contributed by atoms with Crippen molar-refractivity contribution in [1.29, 1.82) is 0 Å². The molecule has 0 saturated carbocycles. The van der Waals surface area contributed by atoms with Gasteiger partial charge in [0.2, 0.25) is 5.88 Å². The first-order valence-corrected chi connectivity index (χ1v) is 9.31. The molecular weight excluding hydrogens is 356 g/mol. The second-order valence-electron chi connectivity index (χ2n) is 7.23. The highest BCUT2D eigenvalue weighted by molar-refractivity contribution is 5.92. The first kappa shape index (κ1) is 18.2. The fourth-order valence-electron chi connectivity index (χ4n) is 3.52. The number of aromatic nitrogens is 5. The minimum atomic E-state index is -0.0505. The maximum Gasteiger partial charge on any atom is 0.274 e. The quantitative estimate of drug-likeness (QED) is 0.691. The first-order chi connectivity index (χ1) is 13.4. The fraction of sp³-hybridized carbons (Fsp3) is 0.400. The van der Waals surface area contributed by atoms with Crippen LogP contribution >= 0.6 is 0 Å². The zero-order valence-electron chi connectivity index (χ0n) is 16.6. The predicted octanol–water partition coefficient (Wildman–Crippen LogP) is 1.94. The number of aryl methyl sites for hydroxylation is 4. The van der Waals surface area contributed by atoms with Crippen LogP contribution in [-0.4, -0.2) is 41.9 Å². The summed E-state index contributed by atoms with van der Waals surface area (Å²) in [4.78, 5) is 19.0. The van der Waals surface area contributed by atoms with Gasteiger partial charge in [-0.15, -0.1) is 0 Å². The van der Waals surface area contributed by atoms with Crippen molar-refractivity contribution < 1.29 is 9.53 Å². The Morgan fingerprint density at radius 2 is 2.00 bits per heavy atom. The summed E-state index contributed by atoms with van der Waals surface area (Å²) in [6.07, 6.45) is 2.49. The van der Waals surface area contributed by atoms with E-state index in [0.717, 1.165) is 34.6 Å². The van der Waals surface area contributed by atoms with Gasteiger partial charge in [-0.2, -0.15) is 10.2 Å². The molecule has 0 N–H and O–H groups in total. The molecule has 0 fully saturated rings. The maximum atomic E-state index is 12.9. The molecule has 0 bridgehead atoms. The van der Waals surface area contributed by atoms with Crippen LogP contribution < -0.4 is 4.74 Å². The summed E-state index contributed by atoms with van der Waals surface area (Å²) in [5, 5.41) is 8.95. The summed E-state index contributed by atoms with van der Waals surface area (Å²) in [7, 11) is 3.78. The van der Waals surface area contributed by atoms with Gasteiger partial charge in [-0.05, 0) is 31.5 Å². The number of hydrogen-bond donors (Lipinski definition) is 0. The van der Waals surface area contributed by atoms with E-state index in [1.54, 1.807) is 10.9 Å². The lowest BCUT2D eigenvalue weighted by atomic mass is 10.0. The molecule has 146 valence electrons. The Morgan fingerprint density at radius 1 is 1.18 bits per heavy atom. The van der Waals surface area contributed by atoms with Crippen molar-refractivity contribution in [2.45, 2.75) is 33.4 Å². The van der Waals surface area contributed by atoms with E-state index in [4.69, 9.17) is 4.74 Å². The van der Waals surface area contributed by atoms with Crippen LogP contribution in [0.1, 0.15) is 38.7 Å². The van der Waals surface area contributed by atoms with Gasteiger partial charge in [-0.25, -0.2) is 4.98 Å². The van der Waals surface area contributed by atoms with Crippen molar-refractivity contribution >= 4 is 5.91 Å². The molecule has 0 unspecified atom stereocenters. The van der Waals surface area contributed by atoms with Crippen LogP contribution in [0, 0.1) is 13.8 Å². The molecule has 0 aliphatic carbocycles. The van der Waals surface area contributed by atoms with Gasteiger partial charge in [0.1, 0.15) is 12.3 Å². The summed E-state index contributed by atoms with van der Waals surface area (Å²) < 4.78 is 9.46. The Balaban J connectivity index is 1.53. The van der Waals surface area contributed by atoms with Crippen molar-refractivity contribution in [3.05, 3.63) is 58.3 Å². The van der Waals surface area contributed by atoms with Crippen LogP contribution in [0.25, 0.3) is 0 Å². The van der Waals surface area contributed by atoms with E-state index in [9.17, 15) is 4.79 Å². The van der Waals surface area contributed by atoms with Gasteiger partial charge in [0.15, 0.2) is 5.69 Å². The van der Waals surface area contributed by atoms with Gasteiger partial charge >= 0.3 is 0 Å². The van der Waals surface area contributed by atoms with Crippen molar-refractivity contribution in [1.82, 2.24) is 29.4 Å². The Kier molecular flexibility index (Phi) is 4.62.